The van der Waals surface area contributed by atoms with Crippen LogP contribution in [0.1, 0.15) is 31.3 Å². The maximum absolute atomic E-state index is 12.8. The molecule has 0 unspecified atom stereocenters. The van der Waals surface area contributed by atoms with Crippen LogP contribution < -0.4 is 10.6 Å². The van der Waals surface area contributed by atoms with Gasteiger partial charge in [-0.15, -0.1) is 0 Å². The molecule has 0 atom stereocenters. The van der Waals surface area contributed by atoms with Crippen LogP contribution in [0.15, 0.2) is 24.2 Å². The van der Waals surface area contributed by atoms with Gasteiger partial charge in [0.2, 0.25) is 0 Å². The third kappa shape index (κ3) is 5.64. The Labute approximate surface area is 121 Å². The summed E-state index contributed by atoms with van der Waals surface area (Å²) in [7, 11) is 0. The molecule has 1 aromatic heterocycles. The van der Waals surface area contributed by atoms with E-state index in [2.05, 4.69) is 15.7 Å². The van der Waals surface area contributed by atoms with Crippen LogP contribution in [0.25, 0.3) is 0 Å². The molecule has 0 aliphatic carbocycles. The Kier molecular flexibility index (Phi) is 5.45. The van der Waals surface area contributed by atoms with Gasteiger partial charge in [0.25, 0.3) is 5.91 Å². The number of hydrogen-bond donors (Lipinski definition) is 3. The van der Waals surface area contributed by atoms with Crippen LogP contribution in [-0.2, 0) is 6.54 Å². The zero-order valence-corrected chi connectivity index (χ0v) is 12.2. The molecule has 2 amide bonds. The third-order valence-electron chi connectivity index (χ3n) is 2.41. The first-order chi connectivity index (χ1) is 9.73. The predicted octanol–water partition coefficient (Wildman–Crippen LogP) is 1.53. The summed E-state index contributed by atoms with van der Waals surface area (Å²) >= 11 is 0. The number of carbonyl (C=O) groups excluding carboxylic acids is 1. The molecule has 0 aromatic carbocycles. The van der Waals surface area contributed by atoms with Crippen molar-refractivity contribution in [2.75, 3.05) is 6.54 Å². The fourth-order valence-electron chi connectivity index (χ4n) is 1.57. The van der Waals surface area contributed by atoms with Crippen LogP contribution in [0, 0.1) is 0 Å². The van der Waals surface area contributed by atoms with Gasteiger partial charge in [-0.2, -0.15) is 5.10 Å². The third-order valence-corrected chi connectivity index (χ3v) is 2.41. The molecule has 7 nitrogen and oxygen atoms in total. The topological polar surface area (TPSA) is 96.3 Å². The summed E-state index contributed by atoms with van der Waals surface area (Å²) in [5.74, 6) is -0.329. The van der Waals surface area contributed by atoms with Crippen LogP contribution >= 0.6 is 0 Å². The molecular weight excluding hydrogens is 279 g/mol. The van der Waals surface area contributed by atoms with E-state index in [1.807, 2.05) is 20.8 Å². The van der Waals surface area contributed by atoms with E-state index < -0.39 is 11.6 Å². The number of rotatable bonds is 5. The average Bonchev–Trinajstić information content (AvgIpc) is 2.80. The van der Waals surface area contributed by atoms with Crippen LogP contribution in [-0.4, -0.2) is 39.0 Å². The Bertz CT molecular complexity index is 546. The number of amides is 2. The molecule has 0 saturated heterocycles. The summed E-state index contributed by atoms with van der Waals surface area (Å²) in [6.07, 6.45) is 0.488. The minimum Gasteiger partial charge on any atom is -0.465 e. The van der Waals surface area contributed by atoms with Crippen LogP contribution in [0.4, 0.5) is 9.18 Å². The molecule has 116 valence electrons. The van der Waals surface area contributed by atoms with Crippen LogP contribution in [0.5, 0.6) is 0 Å². The SMILES string of the molecule is CC(C)(C)NC(=O)c1ccnn1CC(=CF)CNC(=O)O. The lowest BCUT2D eigenvalue weighted by Crippen LogP contribution is -2.41. The highest BCUT2D eigenvalue weighted by Gasteiger charge is 2.19. The van der Waals surface area contributed by atoms with E-state index in [1.54, 1.807) is 0 Å². The fourth-order valence-corrected chi connectivity index (χ4v) is 1.57. The van der Waals surface area contributed by atoms with Gasteiger partial charge in [0.1, 0.15) is 5.69 Å². The van der Waals surface area contributed by atoms with Crippen molar-refractivity contribution in [1.29, 1.82) is 0 Å². The number of carbonyl (C=O) groups is 2. The lowest BCUT2D eigenvalue weighted by molar-refractivity contribution is 0.0908. The Morgan fingerprint density at radius 1 is 1.48 bits per heavy atom. The summed E-state index contributed by atoms with van der Waals surface area (Å²) in [4.78, 5) is 22.5. The normalized spacial score (nSPS) is 12.1. The molecular formula is C13H19FN4O3. The van der Waals surface area contributed by atoms with E-state index in [0.717, 1.165) is 0 Å². The first-order valence-electron chi connectivity index (χ1n) is 6.32. The van der Waals surface area contributed by atoms with Crippen molar-refractivity contribution in [2.24, 2.45) is 0 Å². The van der Waals surface area contributed by atoms with E-state index in [-0.39, 0.29) is 30.3 Å². The van der Waals surface area contributed by atoms with Gasteiger partial charge in [0.15, 0.2) is 0 Å². The molecule has 0 spiro atoms. The zero-order valence-electron chi connectivity index (χ0n) is 12.2. The number of halogens is 1. The predicted molar refractivity (Wildman–Crippen MR) is 74.7 cm³/mol. The van der Waals surface area contributed by atoms with Crippen molar-refractivity contribution in [2.45, 2.75) is 32.9 Å². The number of nitrogens with zero attached hydrogens (tertiary/aromatic N) is 2. The maximum Gasteiger partial charge on any atom is 0.404 e. The first-order valence-corrected chi connectivity index (χ1v) is 6.32. The average molecular weight is 298 g/mol. The maximum atomic E-state index is 12.8. The number of nitrogens with one attached hydrogen (secondary N) is 2. The van der Waals surface area contributed by atoms with Gasteiger partial charge in [-0.3, -0.25) is 9.48 Å². The van der Waals surface area contributed by atoms with Crippen molar-refractivity contribution in [1.82, 2.24) is 20.4 Å². The summed E-state index contributed by atoms with van der Waals surface area (Å²) in [6.45, 7) is 5.34. The monoisotopic (exact) mass is 298 g/mol. The number of aromatic nitrogens is 2. The van der Waals surface area contributed by atoms with Gasteiger partial charge >= 0.3 is 6.09 Å². The van der Waals surface area contributed by atoms with E-state index in [1.165, 1.54) is 16.9 Å². The van der Waals surface area contributed by atoms with Crippen LogP contribution in [0.2, 0.25) is 0 Å². The standard InChI is InChI=1S/C13H19FN4O3/c1-13(2,3)17-11(19)10-4-5-16-18(10)8-9(6-14)7-15-12(20)21/h4-6,15H,7-8H2,1-3H3,(H,17,19)(H,20,21). The van der Waals surface area contributed by atoms with Gasteiger partial charge in [0.05, 0.1) is 12.9 Å². The van der Waals surface area contributed by atoms with Crippen molar-refractivity contribution < 1.29 is 19.1 Å². The molecule has 1 heterocycles. The molecule has 1 rings (SSSR count). The van der Waals surface area contributed by atoms with E-state index in [9.17, 15) is 14.0 Å². The smallest absolute Gasteiger partial charge is 0.404 e. The van der Waals surface area contributed by atoms with Crippen LogP contribution in [0.3, 0.4) is 0 Å². The Hall–Kier alpha value is -2.38. The van der Waals surface area contributed by atoms with Gasteiger partial charge < -0.3 is 15.7 Å². The zero-order chi connectivity index (χ0) is 16.0. The van der Waals surface area contributed by atoms with Gasteiger partial charge in [-0.25, -0.2) is 9.18 Å². The second-order valence-corrected chi connectivity index (χ2v) is 5.50. The molecule has 0 fully saturated rings. The highest BCUT2D eigenvalue weighted by molar-refractivity contribution is 5.92. The second kappa shape index (κ2) is 6.87. The summed E-state index contributed by atoms with van der Waals surface area (Å²) in [5.41, 5.74) is 0.0287. The van der Waals surface area contributed by atoms with Crippen molar-refractivity contribution >= 4 is 12.0 Å². The highest BCUT2D eigenvalue weighted by Crippen LogP contribution is 2.07. The fraction of sp³-hybridized carbons (Fsp3) is 0.462. The molecule has 0 bridgehead atoms. The first kappa shape index (κ1) is 16.7. The van der Waals surface area contributed by atoms with Crippen molar-refractivity contribution in [3.8, 4) is 0 Å². The Morgan fingerprint density at radius 2 is 2.14 bits per heavy atom. The molecule has 3 N–H and O–H groups in total. The van der Waals surface area contributed by atoms with E-state index >= 15 is 0 Å². The van der Waals surface area contributed by atoms with Crippen molar-refractivity contribution in [3.05, 3.63) is 29.9 Å². The largest absolute Gasteiger partial charge is 0.465 e. The molecule has 0 saturated carbocycles. The molecule has 1 aromatic rings. The Morgan fingerprint density at radius 3 is 2.67 bits per heavy atom. The minimum atomic E-state index is -1.25. The van der Waals surface area contributed by atoms with E-state index in [0.29, 0.717) is 6.33 Å². The summed E-state index contributed by atoms with van der Waals surface area (Å²) in [5, 5.41) is 17.3. The Balaban J connectivity index is 2.79. The number of carboxylic acid groups (broad SMARTS) is 1. The van der Waals surface area contributed by atoms with Gasteiger partial charge in [-0.1, -0.05) is 0 Å². The molecule has 0 radical (unpaired) electrons. The highest BCUT2D eigenvalue weighted by atomic mass is 19.1. The molecule has 0 aliphatic heterocycles. The van der Waals surface area contributed by atoms with E-state index in [4.69, 9.17) is 5.11 Å². The lowest BCUT2D eigenvalue weighted by Gasteiger charge is -2.20. The van der Waals surface area contributed by atoms with Gasteiger partial charge in [0, 0.05) is 18.3 Å². The second-order valence-electron chi connectivity index (χ2n) is 5.50. The summed E-state index contributed by atoms with van der Waals surface area (Å²) in [6, 6.07) is 1.52. The minimum absolute atomic E-state index is 0.0172. The quantitative estimate of drug-likeness (QED) is 0.768. The lowest BCUT2D eigenvalue weighted by atomic mass is 10.1. The summed E-state index contributed by atoms with van der Waals surface area (Å²) < 4.78 is 14.1. The molecule has 8 heteroatoms. The molecule has 21 heavy (non-hydrogen) atoms. The van der Waals surface area contributed by atoms with Crippen molar-refractivity contribution in [3.63, 3.8) is 0 Å². The number of hydrogen-bond acceptors (Lipinski definition) is 3. The van der Waals surface area contributed by atoms with Gasteiger partial charge in [-0.05, 0) is 32.4 Å². The molecule has 0 aliphatic rings.